The van der Waals surface area contributed by atoms with Crippen LogP contribution >= 0.6 is 0 Å². The summed E-state index contributed by atoms with van der Waals surface area (Å²) in [4.78, 5) is 2.31. The van der Waals surface area contributed by atoms with E-state index in [-0.39, 0.29) is 11.9 Å². The van der Waals surface area contributed by atoms with E-state index in [2.05, 4.69) is 4.90 Å². The van der Waals surface area contributed by atoms with Gasteiger partial charge in [0.05, 0.1) is 6.10 Å². The summed E-state index contributed by atoms with van der Waals surface area (Å²) < 4.78 is 12.9. The molecule has 1 saturated heterocycles. The van der Waals surface area contributed by atoms with Crippen molar-refractivity contribution in [2.45, 2.75) is 32.4 Å². The summed E-state index contributed by atoms with van der Waals surface area (Å²) in [6.07, 6.45) is 1.56. The summed E-state index contributed by atoms with van der Waals surface area (Å²) in [5.74, 6) is -0.171. The Kier molecular flexibility index (Phi) is 3.56. The lowest BCUT2D eigenvalue weighted by atomic mass is 10.0. The highest BCUT2D eigenvalue weighted by Gasteiger charge is 2.17. The molecule has 16 heavy (non-hydrogen) atoms. The first-order valence-corrected chi connectivity index (χ1v) is 5.80. The van der Waals surface area contributed by atoms with E-state index in [1.807, 2.05) is 13.0 Å². The molecule has 0 amide bonds. The van der Waals surface area contributed by atoms with Gasteiger partial charge in [-0.2, -0.15) is 0 Å². The molecular formula is C13H18FNO. The Bertz CT molecular complexity index is 359. The summed E-state index contributed by atoms with van der Waals surface area (Å²) in [5, 5.41) is 9.41. The highest BCUT2D eigenvalue weighted by Crippen LogP contribution is 2.16. The smallest absolute Gasteiger partial charge is 0.123 e. The average Bonchev–Trinajstić information content (AvgIpc) is 2.25. The van der Waals surface area contributed by atoms with Crippen LogP contribution in [0.25, 0.3) is 0 Å². The number of halogens is 1. The number of hydrogen-bond acceptors (Lipinski definition) is 2. The first-order valence-electron chi connectivity index (χ1n) is 5.80. The van der Waals surface area contributed by atoms with Crippen molar-refractivity contribution in [2.24, 2.45) is 0 Å². The van der Waals surface area contributed by atoms with Crippen LogP contribution in [-0.4, -0.2) is 29.2 Å². The maximum atomic E-state index is 12.9. The third-order valence-corrected chi connectivity index (χ3v) is 3.26. The van der Waals surface area contributed by atoms with Gasteiger partial charge in [-0.1, -0.05) is 6.07 Å². The van der Waals surface area contributed by atoms with Gasteiger partial charge >= 0.3 is 0 Å². The molecule has 1 fully saturated rings. The summed E-state index contributed by atoms with van der Waals surface area (Å²) in [6, 6.07) is 4.95. The number of likely N-dealkylation sites (tertiary alicyclic amines) is 1. The average molecular weight is 223 g/mol. The fourth-order valence-electron chi connectivity index (χ4n) is 2.16. The molecule has 0 spiro atoms. The lowest BCUT2D eigenvalue weighted by Crippen LogP contribution is -2.35. The van der Waals surface area contributed by atoms with E-state index in [4.69, 9.17) is 0 Å². The van der Waals surface area contributed by atoms with Crippen LogP contribution in [0, 0.1) is 12.7 Å². The second-order valence-corrected chi connectivity index (χ2v) is 4.58. The molecule has 0 atom stereocenters. The standard InChI is InChI=1S/C13H18FNO/c1-10-8-12(14)3-2-11(10)9-15-6-4-13(16)5-7-15/h2-3,8,13,16H,4-7,9H2,1H3. The van der Waals surface area contributed by atoms with E-state index in [1.54, 1.807) is 6.07 Å². The molecule has 0 saturated carbocycles. The molecule has 88 valence electrons. The minimum absolute atomic E-state index is 0.134. The SMILES string of the molecule is Cc1cc(F)ccc1CN1CCC(O)CC1. The normalized spacial score (nSPS) is 18.9. The number of nitrogens with zero attached hydrogens (tertiary/aromatic N) is 1. The largest absolute Gasteiger partial charge is 0.393 e. The van der Waals surface area contributed by atoms with Crippen molar-refractivity contribution in [1.29, 1.82) is 0 Å². The Morgan fingerprint density at radius 3 is 2.69 bits per heavy atom. The van der Waals surface area contributed by atoms with E-state index in [0.717, 1.165) is 38.0 Å². The Balaban J connectivity index is 1.98. The molecule has 0 bridgehead atoms. The van der Waals surface area contributed by atoms with Crippen LogP contribution in [-0.2, 0) is 6.54 Å². The molecule has 3 heteroatoms. The topological polar surface area (TPSA) is 23.5 Å². The van der Waals surface area contributed by atoms with E-state index >= 15 is 0 Å². The van der Waals surface area contributed by atoms with Gasteiger partial charge in [0, 0.05) is 19.6 Å². The maximum Gasteiger partial charge on any atom is 0.123 e. The predicted molar refractivity (Wildman–Crippen MR) is 61.7 cm³/mol. The number of rotatable bonds is 2. The van der Waals surface area contributed by atoms with Gasteiger partial charge in [-0.25, -0.2) is 4.39 Å². The number of piperidine rings is 1. The lowest BCUT2D eigenvalue weighted by Gasteiger charge is -2.29. The minimum Gasteiger partial charge on any atom is -0.393 e. The van der Waals surface area contributed by atoms with E-state index < -0.39 is 0 Å². The molecular weight excluding hydrogens is 205 g/mol. The fourth-order valence-corrected chi connectivity index (χ4v) is 2.16. The number of benzene rings is 1. The van der Waals surface area contributed by atoms with Crippen LogP contribution in [0.15, 0.2) is 18.2 Å². The van der Waals surface area contributed by atoms with Gasteiger partial charge in [0.15, 0.2) is 0 Å². The lowest BCUT2D eigenvalue weighted by molar-refractivity contribution is 0.0791. The van der Waals surface area contributed by atoms with Crippen LogP contribution < -0.4 is 0 Å². The van der Waals surface area contributed by atoms with Crippen LogP contribution in [0.2, 0.25) is 0 Å². The van der Waals surface area contributed by atoms with Crippen molar-refractivity contribution in [3.05, 3.63) is 35.1 Å². The van der Waals surface area contributed by atoms with E-state index in [0.29, 0.717) is 0 Å². The van der Waals surface area contributed by atoms with Gasteiger partial charge < -0.3 is 5.11 Å². The van der Waals surface area contributed by atoms with Crippen molar-refractivity contribution in [3.63, 3.8) is 0 Å². The second-order valence-electron chi connectivity index (χ2n) is 4.58. The third kappa shape index (κ3) is 2.80. The molecule has 0 unspecified atom stereocenters. The number of aliphatic hydroxyl groups excluding tert-OH is 1. The zero-order valence-electron chi connectivity index (χ0n) is 9.62. The van der Waals surface area contributed by atoms with Crippen molar-refractivity contribution in [3.8, 4) is 0 Å². The Morgan fingerprint density at radius 1 is 1.38 bits per heavy atom. The fraction of sp³-hybridized carbons (Fsp3) is 0.538. The van der Waals surface area contributed by atoms with Gasteiger partial charge in [-0.05, 0) is 43.0 Å². The predicted octanol–water partition coefficient (Wildman–Crippen LogP) is 2.09. The van der Waals surface area contributed by atoms with Crippen LogP contribution in [0.5, 0.6) is 0 Å². The number of aliphatic hydroxyl groups is 1. The summed E-state index contributed by atoms with van der Waals surface area (Å²) in [6.45, 7) is 4.66. The molecule has 1 aliphatic heterocycles. The summed E-state index contributed by atoms with van der Waals surface area (Å²) in [5.41, 5.74) is 2.18. The highest BCUT2D eigenvalue weighted by atomic mass is 19.1. The van der Waals surface area contributed by atoms with Crippen molar-refractivity contribution in [1.82, 2.24) is 4.90 Å². The monoisotopic (exact) mass is 223 g/mol. The molecule has 1 N–H and O–H groups in total. The van der Waals surface area contributed by atoms with E-state index in [1.165, 1.54) is 11.6 Å². The molecule has 1 heterocycles. The summed E-state index contributed by atoms with van der Waals surface area (Å²) >= 11 is 0. The third-order valence-electron chi connectivity index (χ3n) is 3.26. The van der Waals surface area contributed by atoms with Crippen molar-refractivity contribution >= 4 is 0 Å². The van der Waals surface area contributed by atoms with Gasteiger partial charge in [0.2, 0.25) is 0 Å². The zero-order valence-corrected chi connectivity index (χ0v) is 9.62. The maximum absolute atomic E-state index is 12.9. The second kappa shape index (κ2) is 4.93. The first kappa shape index (κ1) is 11.6. The first-order chi connectivity index (χ1) is 7.65. The quantitative estimate of drug-likeness (QED) is 0.830. The number of aryl methyl sites for hydroxylation is 1. The van der Waals surface area contributed by atoms with Crippen LogP contribution in [0.1, 0.15) is 24.0 Å². The molecule has 0 aliphatic carbocycles. The molecule has 2 rings (SSSR count). The molecule has 0 radical (unpaired) electrons. The van der Waals surface area contributed by atoms with Gasteiger partial charge in [-0.15, -0.1) is 0 Å². The van der Waals surface area contributed by atoms with Gasteiger partial charge in [0.25, 0.3) is 0 Å². The van der Waals surface area contributed by atoms with Gasteiger partial charge in [0.1, 0.15) is 5.82 Å². The summed E-state index contributed by atoms with van der Waals surface area (Å²) in [7, 11) is 0. The Hall–Kier alpha value is -0.930. The van der Waals surface area contributed by atoms with Crippen LogP contribution in [0.4, 0.5) is 4.39 Å². The van der Waals surface area contributed by atoms with Crippen LogP contribution in [0.3, 0.4) is 0 Å². The van der Waals surface area contributed by atoms with E-state index in [9.17, 15) is 9.50 Å². The van der Waals surface area contributed by atoms with Crippen molar-refractivity contribution < 1.29 is 9.50 Å². The van der Waals surface area contributed by atoms with Crippen molar-refractivity contribution in [2.75, 3.05) is 13.1 Å². The number of hydrogen-bond donors (Lipinski definition) is 1. The molecule has 1 aromatic carbocycles. The molecule has 2 nitrogen and oxygen atoms in total. The molecule has 1 aliphatic rings. The molecule has 0 aromatic heterocycles. The highest BCUT2D eigenvalue weighted by molar-refractivity contribution is 5.26. The minimum atomic E-state index is -0.171. The van der Waals surface area contributed by atoms with Gasteiger partial charge in [-0.3, -0.25) is 4.90 Å². The Morgan fingerprint density at radius 2 is 2.06 bits per heavy atom. The molecule has 1 aromatic rings. The Labute approximate surface area is 95.7 Å². The zero-order chi connectivity index (χ0) is 11.5.